The van der Waals surface area contributed by atoms with Crippen molar-refractivity contribution in [3.05, 3.63) is 11.6 Å². The van der Waals surface area contributed by atoms with Crippen LogP contribution in [0.3, 0.4) is 0 Å². The highest BCUT2D eigenvalue weighted by atomic mass is 16.5. The molecule has 4 aliphatic rings. The van der Waals surface area contributed by atoms with Gasteiger partial charge < -0.3 is 4.74 Å². The zero-order valence-electron chi connectivity index (χ0n) is 36.1. The molecule has 45 heavy (non-hydrogen) atoms. The van der Waals surface area contributed by atoms with Crippen LogP contribution in [0.2, 0.25) is 0 Å². The molecule has 0 aliphatic heterocycles. The maximum atomic E-state index is 12.8. The van der Waals surface area contributed by atoms with Crippen LogP contribution in [0.4, 0.5) is 0 Å². The van der Waals surface area contributed by atoms with Crippen LogP contribution in [0, 0.1) is 46.3 Å². The predicted octanol–water partition coefficient (Wildman–Crippen LogP) is 13.4. The van der Waals surface area contributed by atoms with E-state index in [1.165, 1.54) is 96.3 Å². The summed E-state index contributed by atoms with van der Waals surface area (Å²) in [6.45, 7) is 5.37. The van der Waals surface area contributed by atoms with Crippen molar-refractivity contribution in [2.24, 2.45) is 46.3 Å². The highest BCUT2D eigenvalue weighted by molar-refractivity contribution is 5.69. The maximum Gasteiger partial charge on any atom is 0.306 e. The Labute approximate surface area is 289 Å². The van der Waals surface area contributed by atoms with Gasteiger partial charge in [-0.3, -0.25) is 4.79 Å². The first-order valence-corrected chi connectivity index (χ1v) is 19.9. The van der Waals surface area contributed by atoms with Crippen molar-refractivity contribution in [2.45, 2.75) is 208 Å². The molecule has 260 valence electrons. The number of hydrogen-bond acceptors (Lipinski definition) is 2. The summed E-state index contributed by atoms with van der Waals surface area (Å²) >= 11 is 0. The zero-order valence-corrected chi connectivity index (χ0v) is 30.1. The number of rotatable bonds is 20. The van der Waals surface area contributed by atoms with Crippen molar-refractivity contribution in [3.63, 3.8) is 0 Å². The second-order valence-corrected chi connectivity index (χ2v) is 16.7. The van der Waals surface area contributed by atoms with Gasteiger partial charge in [0.15, 0.2) is 0 Å². The van der Waals surface area contributed by atoms with E-state index in [0.717, 1.165) is 44.9 Å². The number of carbonyl (C=O) groups is 1. The molecule has 0 saturated heterocycles. The number of hydrogen-bond donors (Lipinski definition) is 0. The minimum Gasteiger partial charge on any atom is -0.462 e. The maximum absolute atomic E-state index is 12.8. The lowest BCUT2D eigenvalue weighted by molar-refractivity contribution is -0.151. The fraction of sp³-hybridized carbons (Fsp3) is 0.930. The molecule has 0 aromatic rings. The molecule has 4 rings (SSSR count). The molecule has 0 spiro atoms. The molecule has 3 fully saturated rings. The van der Waals surface area contributed by atoms with Gasteiger partial charge in [-0.25, -0.2) is 0 Å². The van der Waals surface area contributed by atoms with Crippen molar-refractivity contribution >= 4 is 5.97 Å². The normalized spacial score (nSPS) is 36.9. The largest absolute Gasteiger partial charge is 0.462 e. The van der Waals surface area contributed by atoms with Crippen LogP contribution >= 0.6 is 0 Å². The number of ether oxygens (including phenoxy) is 1. The van der Waals surface area contributed by atoms with Gasteiger partial charge in [0.25, 0.3) is 0 Å². The fourth-order valence-corrected chi connectivity index (χ4v) is 11.1. The van der Waals surface area contributed by atoms with E-state index in [4.69, 9.17) is 13.0 Å². The fourth-order valence-electron chi connectivity index (χ4n) is 11.1. The van der Waals surface area contributed by atoms with Crippen molar-refractivity contribution in [1.29, 1.82) is 0 Å². The Bertz CT molecular complexity index is 1110. The third-order valence-electron chi connectivity index (χ3n) is 13.7. The number of esters is 1. The van der Waals surface area contributed by atoms with Gasteiger partial charge in [-0.1, -0.05) is 149 Å². The van der Waals surface area contributed by atoms with E-state index < -0.39 is 19.6 Å². The summed E-state index contributed by atoms with van der Waals surface area (Å²) in [4.78, 5) is 12.8. The van der Waals surface area contributed by atoms with Crippen LogP contribution in [-0.2, 0) is 9.53 Å². The molecule has 0 heterocycles. The standard InChI is InChI=1S/C43H76O2/c1-7-8-9-10-11-12-13-14-15-16-17-18-19-23-41(44)45-36-28-30-42(5)35(32-36)24-25-37-39-27-26-38(34(4)22-20-21-33(2)3)43(39,6)31-29-40(37)42/h24,33-34,36-40H,7-23,25-32H2,1-6H3/t34-,36+,37+,38-,39+,40+,42+,43-/m1/s1/i2D2,3D3,33D/t33?,34-,36+,37+,38-,39+,40+,42+,43-. The zero-order chi connectivity index (χ0) is 37.3. The molecule has 9 atom stereocenters. The van der Waals surface area contributed by atoms with Gasteiger partial charge >= 0.3 is 5.97 Å². The lowest BCUT2D eigenvalue weighted by atomic mass is 9.47. The molecule has 3 saturated carbocycles. The number of carbonyl (C=O) groups excluding carboxylic acids is 1. The molecular weight excluding hydrogens is 548 g/mol. The Kier molecular flexibility index (Phi) is 11.7. The van der Waals surface area contributed by atoms with E-state index in [1.54, 1.807) is 5.57 Å². The summed E-state index contributed by atoms with van der Waals surface area (Å²) < 4.78 is 53.4. The van der Waals surface area contributed by atoms with Gasteiger partial charge in [-0.05, 0) is 97.7 Å². The molecule has 0 aromatic carbocycles. The van der Waals surface area contributed by atoms with E-state index in [-0.39, 0.29) is 29.3 Å². The lowest BCUT2D eigenvalue weighted by Crippen LogP contribution is -2.51. The Morgan fingerprint density at radius 3 is 2.24 bits per heavy atom. The van der Waals surface area contributed by atoms with Gasteiger partial charge in [0, 0.05) is 21.1 Å². The number of fused-ring (bicyclic) bond motifs is 5. The highest BCUT2D eigenvalue weighted by Crippen LogP contribution is 2.67. The van der Waals surface area contributed by atoms with Crippen LogP contribution in [0.15, 0.2) is 11.6 Å². The van der Waals surface area contributed by atoms with Crippen molar-refractivity contribution in [2.75, 3.05) is 0 Å². The first-order chi connectivity index (χ1) is 24.2. The molecule has 0 amide bonds. The van der Waals surface area contributed by atoms with Gasteiger partial charge in [0.1, 0.15) is 6.10 Å². The van der Waals surface area contributed by atoms with E-state index in [0.29, 0.717) is 42.4 Å². The number of unbranched alkanes of at least 4 members (excludes halogenated alkanes) is 12. The van der Waals surface area contributed by atoms with Crippen LogP contribution in [-0.4, -0.2) is 12.1 Å². The monoisotopic (exact) mass is 631 g/mol. The van der Waals surface area contributed by atoms with Crippen LogP contribution in [0.25, 0.3) is 0 Å². The Morgan fingerprint density at radius 1 is 0.889 bits per heavy atom. The molecule has 2 nitrogen and oxygen atoms in total. The van der Waals surface area contributed by atoms with Gasteiger partial charge in [0.2, 0.25) is 0 Å². The molecule has 0 bridgehead atoms. The summed E-state index contributed by atoms with van der Waals surface area (Å²) in [7, 11) is 0. The van der Waals surface area contributed by atoms with Crippen molar-refractivity contribution < 1.29 is 17.8 Å². The molecule has 0 aromatic heterocycles. The second-order valence-electron chi connectivity index (χ2n) is 16.7. The minimum atomic E-state index is -2.61. The average molecular weight is 631 g/mol. The molecule has 4 aliphatic carbocycles. The Hall–Kier alpha value is -0.790. The van der Waals surface area contributed by atoms with E-state index in [9.17, 15) is 4.79 Å². The quantitative estimate of drug-likeness (QED) is 0.0760. The highest BCUT2D eigenvalue weighted by Gasteiger charge is 2.59. The summed E-state index contributed by atoms with van der Waals surface area (Å²) in [6.07, 6.45) is 30.9. The first kappa shape index (κ1) is 29.2. The molecule has 0 radical (unpaired) electrons. The summed E-state index contributed by atoms with van der Waals surface area (Å²) in [5, 5.41) is 0. The first-order valence-electron chi connectivity index (χ1n) is 23.1. The van der Waals surface area contributed by atoms with Crippen LogP contribution < -0.4 is 0 Å². The number of allylic oxidation sites excluding steroid dienone is 1. The van der Waals surface area contributed by atoms with Crippen LogP contribution in [0.1, 0.15) is 210 Å². The predicted molar refractivity (Wildman–Crippen MR) is 193 cm³/mol. The van der Waals surface area contributed by atoms with E-state index >= 15 is 0 Å². The molecule has 1 unspecified atom stereocenters. The van der Waals surface area contributed by atoms with Crippen molar-refractivity contribution in [3.8, 4) is 0 Å². The van der Waals surface area contributed by atoms with E-state index in [2.05, 4.69) is 33.8 Å². The molecule has 2 heteroatoms. The lowest BCUT2D eigenvalue weighted by Gasteiger charge is -2.58. The Balaban J connectivity index is 1.18. The summed E-state index contributed by atoms with van der Waals surface area (Å²) in [5.74, 6) is 1.14. The Morgan fingerprint density at radius 2 is 1.58 bits per heavy atom. The van der Waals surface area contributed by atoms with Gasteiger partial charge in [-0.2, -0.15) is 0 Å². The molecule has 0 N–H and O–H groups in total. The third-order valence-corrected chi connectivity index (χ3v) is 13.7. The van der Waals surface area contributed by atoms with E-state index in [1.807, 2.05) is 0 Å². The SMILES string of the molecule is [2H]C([2H])C([2H])(CCC[C@@H](C)[C@H]1CC[C@H]2[C@@H]3CC=C4C[C@@H](OC(=O)CCCCCCCCCCCCCCC)CC[C@]4(C)[C@H]3CC[C@]12C)C([2H])([2H])[2H]. The topological polar surface area (TPSA) is 26.3 Å². The summed E-state index contributed by atoms with van der Waals surface area (Å²) in [6, 6.07) is 0. The van der Waals surface area contributed by atoms with Crippen LogP contribution in [0.5, 0.6) is 0 Å². The summed E-state index contributed by atoms with van der Waals surface area (Å²) in [5.41, 5.74) is 2.05. The third kappa shape index (κ3) is 9.87. The average Bonchev–Trinajstić information content (AvgIpc) is 3.43. The second kappa shape index (κ2) is 18.1. The smallest absolute Gasteiger partial charge is 0.306 e. The van der Waals surface area contributed by atoms with Gasteiger partial charge in [-0.15, -0.1) is 0 Å². The minimum absolute atomic E-state index is 0.00606. The van der Waals surface area contributed by atoms with Gasteiger partial charge in [0.05, 0.1) is 0 Å². The molecular formula is C43H76O2. The van der Waals surface area contributed by atoms with Crippen molar-refractivity contribution in [1.82, 2.24) is 0 Å².